The highest BCUT2D eigenvalue weighted by Crippen LogP contribution is 2.50. The van der Waals surface area contributed by atoms with E-state index in [0.717, 1.165) is 16.7 Å². The van der Waals surface area contributed by atoms with Gasteiger partial charge in [0.2, 0.25) is 0 Å². The van der Waals surface area contributed by atoms with Crippen LogP contribution in [-0.4, -0.2) is 41.6 Å². The third-order valence-electron chi connectivity index (χ3n) is 7.22. The van der Waals surface area contributed by atoms with E-state index in [0.29, 0.717) is 18.8 Å². The molecule has 4 atom stereocenters. The van der Waals surface area contributed by atoms with Gasteiger partial charge < -0.3 is 14.2 Å². The lowest BCUT2D eigenvalue weighted by atomic mass is 9.89. The van der Waals surface area contributed by atoms with E-state index in [1.807, 2.05) is 97.9 Å². The Morgan fingerprint density at radius 3 is 2.14 bits per heavy atom. The van der Waals surface area contributed by atoms with Crippen LogP contribution in [0.25, 0.3) is 0 Å². The molecule has 5 rings (SSSR count). The minimum Gasteiger partial charge on any atom is -0.439 e. The van der Waals surface area contributed by atoms with E-state index in [1.54, 1.807) is 4.90 Å². The largest absolute Gasteiger partial charge is 0.439 e. The molecule has 37 heavy (non-hydrogen) atoms. The predicted molar refractivity (Wildman–Crippen MR) is 140 cm³/mol. The van der Waals surface area contributed by atoms with Crippen molar-refractivity contribution in [1.29, 1.82) is 0 Å². The molecule has 3 aromatic rings. The van der Waals surface area contributed by atoms with Gasteiger partial charge in [-0.15, -0.1) is 0 Å². The van der Waals surface area contributed by atoms with Crippen molar-refractivity contribution in [1.82, 2.24) is 4.90 Å². The van der Waals surface area contributed by atoms with Crippen LogP contribution >= 0.6 is 0 Å². The summed E-state index contributed by atoms with van der Waals surface area (Å²) >= 11 is 0. The summed E-state index contributed by atoms with van der Waals surface area (Å²) in [5.74, 6) is -0.135. The van der Waals surface area contributed by atoms with Crippen molar-refractivity contribution in [2.75, 3.05) is 13.2 Å². The number of ether oxygens (including phenoxy) is 3. The number of nitrogens with zero attached hydrogens (tertiary/aromatic N) is 1. The summed E-state index contributed by atoms with van der Waals surface area (Å²) in [5.41, 5.74) is 1.96. The quantitative estimate of drug-likeness (QED) is 0.349. The van der Waals surface area contributed by atoms with Crippen LogP contribution in [-0.2, 0) is 25.6 Å². The molecule has 3 aromatic carbocycles. The first-order valence-corrected chi connectivity index (χ1v) is 12.6. The van der Waals surface area contributed by atoms with Gasteiger partial charge in [0.15, 0.2) is 11.9 Å². The third-order valence-corrected chi connectivity index (χ3v) is 7.22. The zero-order valence-corrected chi connectivity index (χ0v) is 20.9. The van der Waals surface area contributed by atoms with Crippen molar-refractivity contribution >= 4 is 11.9 Å². The highest BCUT2D eigenvalue weighted by atomic mass is 16.6. The van der Waals surface area contributed by atoms with Gasteiger partial charge >= 0.3 is 6.09 Å². The van der Waals surface area contributed by atoms with Crippen LogP contribution in [0.15, 0.2) is 103 Å². The Bertz CT molecular complexity index is 1250. The Kier molecular flexibility index (Phi) is 7.22. The summed E-state index contributed by atoms with van der Waals surface area (Å²) in [6, 6.07) is 28.2. The molecule has 0 spiro atoms. The minimum absolute atomic E-state index is 0.0896. The summed E-state index contributed by atoms with van der Waals surface area (Å²) in [6.45, 7) is 6.76. The first-order valence-electron chi connectivity index (χ1n) is 12.6. The number of carbonyl (C=O) groups is 2. The van der Waals surface area contributed by atoms with Gasteiger partial charge in [0.1, 0.15) is 11.6 Å². The molecule has 6 heteroatoms. The first kappa shape index (κ1) is 24.9. The predicted octanol–water partition coefficient (Wildman–Crippen LogP) is 5.81. The molecular formula is C31H31NO5. The molecule has 1 aliphatic carbocycles. The van der Waals surface area contributed by atoms with Gasteiger partial charge in [0, 0.05) is 18.6 Å². The Hall–Kier alpha value is -3.74. The molecule has 6 nitrogen and oxygen atoms in total. The van der Waals surface area contributed by atoms with Crippen LogP contribution in [0.3, 0.4) is 0 Å². The molecule has 0 aromatic heterocycles. The lowest BCUT2D eigenvalue weighted by Crippen LogP contribution is -2.55. The van der Waals surface area contributed by atoms with Crippen molar-refractivity contribution in [3.8, 4) is 0 Å². The van der Waals surface area contributed by atoms with E-state index in [1.165, 1.54) is 0 Å². The van der Waals surface area contributed by atoms with Crippen LogP contribution in [0.5, 0.6) is 0 Å². The molecule has 0 radical (unpaired) electrons. The van der Waals surface area contributed by atoms with Crippen molar-refractivity contribution < 1.29 is 23.8 Å². The summed E-state index contributed by atoms with van der Waals surface area (Å²) in [4.78, 5) is 28.4. The Morgan fingerprint density at radius 2 is 1.51 bits per heavy atom. The molecule has 1 saturated carbocycles. The summed E-state index contributed by atoms with van der Waals surface area (Å²) in [5, 5.41) is 0. The Balaban J connectivity index is 1.53. The highest BCUT2D eigenvalue weighted by molar-refractivity contribution is 6.01. The number of hydrogen-bond donors (Lipinski definition) is 0. The smallest absolute Gasteiger partial charge is 0.411 e. The number of Topliss-reactive ketones (excluding diaryl/α,β-unsaturated/α-hetero) is 1. The van der Waals surface area contributed by atoms with E-state index in [2.05, 4.69) is 6.58 Å². The van der Waals surface area contributed by atoms with Gasteiger partial charge in [0.05, 0.1) is 19.3 Å². The molecule has 1 saturated heterocycles. The van der Waals surface area contributed by atoms with E-state index in [4.69, 9.17) is 14.2 Å². The molecule has 1 amide bonds. The van der Waals surface area contributed by atoms with Gasteiger partial charge in [-0.1, -0.05) is 97.6 Å². The van der Waals surface area contributed by atoms with Crippen molar-refractivity contribution in [2.24, 2.45) is 0 Å². The second-order valence-electron chi connectivity index (χ2n) is 9.40. The SMILES string of the molecule is C=C1C(=O)C[C@H](N2C(=O)O[C@H](c3ccccc3)[C@@H]2c2ccccc2)[C@@]1(COCc1ccccc1)OCC. The highest BCUT2D eigenvalue weighted by Gasteiger charge is 2.60. The maximum Gasteiger partial charge on any atom is 0.411 e. The molecule has 0 N–H and O–H groups in total. The fraction of sp³-hybridized carbons (Fsp3) is 0.290. The number of cyclic esters (lactones) is 1. The van der Waals surface area contributed by atoms with E-state index in [-0.39, 0.29) is 18.8 Å². The topological polar surface area (TPSA) is 65.1 Å². The van der Waals surface area contributed by atoms with Crippen LogP contribution in [0, 0.1) is 0 Å². The van der Waals surface area contributed by atoms with Crippen LogP contribution in [0.1, 0.15) is 42.2 Å². The number of rotatable bonds is 9. The second kappa shape index (κ2) is 10.7. The molecule has 0 bridgehead atoms. The summed E-state index contributed by atoms with van der Waals surface area (Å²) in [7, 11) is 0. The second-order valence-corrected chi connectivity index (χ2v) is 9.40. The van der Waals surface area contributed by atoms with E-state index < -0.39 is 29.9 Å². The van der Waals surface area contributed by atoms with Gasteiger partial charge in [-0.3, -0.25) is 9.69 Å². The fourth-order valence-electron chi connectivity index (χ4n) is 5.48. The number of amides is 1. The van der Waals surface area contributed by atoms with Gasteiger partial charge in [-0.2, -0.15) is 0 Å². The number of benzene rings is 3. The van der Waals surface area contributed by atoms with Crippen molar-refractivity contribution in [3.63, 3.8) is 0 Å². The lowest BCUT2D eigenvalue weighted by Gasteiger charge is -2.41. The standard InChI is InChI=1S/C31H31NO5/c1-3-36-31(21-35-20-23-13-7-4-8-14-23)22(2)26(33)19-27(31)32-28(24-15-9-5-10-16-24)29(37-30(32)34)25-17-11-6-12-18-25/h4-18,27-29H,2-3,19-21H2,1H3/t27-,28-,29+,31-/m0/s1. The maximum absolute atomic E-state index is 13.6. The summed E-state index contributed by atoms with van der Waals surface area (Å²) in [6.07, 6.45) is -0.931. The fourth-order valence-corrected chi connectivity index (χ4v) is 5.48. The molecule has 2 aliphatic rings. The van der Waals surface area contributed by atoms with Gasteiger partial charge in [-0.25, -0.2) is 4.79 Å². The average Bonchev–Trinajstić information content (AvgIpc) is 3.39. The van der Waals surface area contributed by atoms with E-state index in [9.17, 15) is 9.59 Å². The van der Waals surface area contributed by atoms with Gasteiger partial charge in [-0.05, 0) is 23.6 Å². The number of hydrogen-bond acceptors (Lipinski definition) is 5. The lowest BCUT2D eigenvalue weighted by molar-refractivity contribution is -0.116. The molecule has 1 aliphatic heterocycles. The zero-order valence-electron chi connectivity index (χ0n) is 20.9. The minimum atomic E-state index is -1.18. The average molecular weight is 498 g/mol. The van der Waals surface area contributed by atoms with Crippen LogP contribution in [0.2, 0.25) is 0 Å². The van der Waals surface area contributed by atoms with E-state index >= 15 is 0 Å². The molecular weight excluding hydrogens is 466 g/mol. The normalized spacial score (nSPS) is 25.5. The first-order chi connectivity index (χ1) is 18.0. The molecule has 0 unspecified atom stereocenters. The summed E-state index contributed by atoms with van der Waals surface area (Å²) < 4.78 is 18.5. The van der Waals surface area contributed by atoms with Crippen molar-refractivity contribution in [2.45, 2.75) is 43.7 Å². The Morgan fingerprint density at radius 1 is 0.919 bits per heavy atom. The zero-order chi connectivity index (χ0) is 25.8. The third kappa shape index (κ3) is 4.70. The van der Waals surface area contributed by atoms with Gasteiger partial charge in [0.25, 0.3) is 0 Å². The maximum atomic E-state index is 13.6. The number of carbonyl (C=O) groups excluding carboxylic acids is 2. The van der Waals surface area contributed by atoms with Crippen LogP contribution in [0.4, 0.5) is 4.79 Å². The molecule has 1 heterocycles. The monoisotopic (exact) mass is 497 g/mol. The Labute approximate surface area is 217 Å². The molecule has 190 valence electrons. The number of ketones is 1. The van der Waals surface area contributed by atoms with Crippen molar-refractivity contribution in [3.05, 3.63) is 120 Å². The molecule has 2 fully saturated rings. The van der Waals surface area contributed by atoms with Crippen LogP contribution < -0.4 is 0 Å².